The molecule has 0 bridgehead atoms. The molecule has 33 heavy (non-hydrogen) atoms. The molecule has 1 aromatic carbocycles. The third-order valence-electron chi connectivity index (χ3n) is 5.96. The van der Waals surface area contributed by atoms with Crippen molar-refractivity contribution in [1.29, 1.82) is 0 Å². The number of thiophene rings is 1. The topological polar surface area (TPSA) is 88.6 Å². The van der Waals surface area contributed by atoms with Crippen LogP contribution in [0.25, 0.3) is 11.3 Å². The SMILES string of the molecule is CN(C)c1ccc(-c2ccnc(N[C@@H]3CO[C@@H]4[C@@H]3OC[C@@H]4NC(=O)Cc3cccs3)n2)cc1. The Kier molecular flexibility index (Phi) is 6.26. The molecule has 0 spiro atoms. The zero-order chi connectivity index (χ0) is 22.8. The molecule has 0 unspecified atom stereocenters. The lowest BCUT2D eigenvalue weighted by Crippen LogP contribution is -2.45. The van der Waals surface area contributed by atoms with Gasteiger partial charge in [0.25, 0.3) is 0 Å². The minimum atomic E-state index is -0.184. The lowest BCUT2D eigenvalue weighted by molar-refractivity contribution is -0.121. The molecule has 2 aliphatic rings. The average Bonchev–Trinajstić information content (AvgIpc) is 3.55. The zero-order valence-corrected chi connectivity index (χ0v) is 19.4. The summed E-state index contributed by atoms with van der Waals surface area (Å²) in [5, 5.41) is 8.42. The Morgan fingerprint density at radius 2 is 1.85 bits per heavy atom. The Balaban J connectivity index is 1.20. The molecule has 4 heterocycles. The highest BCUT2D eigenvalue weighted by atomic mass is 32.1. The molecule has 2 aliphatic heterocycles. The first-order valence-corrected chi connectivity index (χ1v) is 11.9. The maximum absolute atomic E-state index is 12.4. The van der Waals surface area contributed by atoms with E-state index in [0.29, 0.717) is 25.6 Å². The molecule has 2 fully saturated rings. The molecule has 2 saturated heterocycles. The van der Waals surface area contributed by atoms with Crippen LogP contribution in [0.2, 0.25) is 0 Å². The maximum Gasteiger partial charge on any atom is 0.225 e. The van der Waals surface area contributed by atoms with Gasteiger partial charge in [0.2, 0.25) is 11.9 Å². The highest BCUT2D eigenvalue weighted by Crippen LogP contribution is 2.29. The second-order valence-corrected chi connectivity index (χ2v) is 9.52. The molecular weight excluding hydrogens is 438 g/mol. The lowest BCUT2D eigenvalue weighted by atomic mass is 10.1. The number of carbonyl (C=O) groups excluding carboxylic acids is 1. The smallest absolute Gasteiger partial charge is 0.225 e. The second kappa shape index (κ2) is 9.46. The van der Waals surface area contributed by atoms with Gasteiger partial charge in [-0.25, -0.2) is 9.97 Å². The van der Waals surface area contributed by atoms with Gasteiger partial charge in [0.15, 0.2) is 0 Å². The number of anilines is 2. The normalized spacial score (nSPS) is 23.8. The molecule has 8 nitrogen and oxygen atoms in total. The second-order valence-electron chi connectivity index (χ2n) is 8.48. The van der Waals surface area contributed by atoms with Gasteiger partial charge in [0, 0.05) is 36.4 Å². The van der Waals surface area contributed by atoms with Gasteiger partial charge in [-0.3, -0.25) is 4.79 Å². The van der Waals surface area contributed by atoms with E-state index in [2.05, 4.69) is 49.8 Å². The fourth-order valence-corrected chi connectivity index (χ4v) is 4.96. The fraction of sp³-hybridized carbons (Fsp3) is 0.375. The first-order chi connectivity index (χ1) is 16.1. The summed E-state index contributed by atoms with van der Waals surface area (Å²) in [4.78, 5) is 24.6. The predicted molar refractivity (Wildman–Crippen MR) is 129 cm³/mol. The molecular formula is C24H27N5O3S. The van der Waals surface area contributed by atoms with E-state index in [9.17, 15) is 4.79 Å². The first kappa shape index (κ1) is 21.8. The van der Waals surface area contributed by atoms with Crippen molar-refractivity contribution in [2.75, 3.05) is 37.5 Å². The number of carbonyl (C=O) groups is 1. The van der Waals surface area contributed by atoms with Crippen molar-refractivity contribution in [2.45, 2.75) is 30.7 Å². The van der Waals surface area contributed by atoms with E-state index >= 15 is 0 Å². The summed E-state index contributed by atoms with van der Waals surface area (Å²) in [5.74, 6) is 0.523. The van der Waals surface area contributed by atoms with Gasteiger partial charge in [-0.15, -0.1) is 11.3 Å². The fourth-order valence-electron chi connectivity index (χ4n) is 4.26. The maximum atomic E-state index is 12.4. The van der Waals surface area contributed by atoms with Crippen LogP contribution in [0.1, 0.15) is 4.88 Å². The molecule has 5 rings (SSSR count). The van der Waals surface area contributed by atoms with Crippen molar-refractivity contribution in [3.63, 3.8) is 0 Å². The summed E-state index contributed by atoms with van der Waals surface area (Å²) in [6.45, 7) is 0.903. The van der Waals surface area contributed by atoms with Gasteiger partial charge in [-0.05, 0) is 29.6 Å². The predicted octanol–water partition coefficient (Wildman–Crippen LogP) is 2.58. The summed E-state index contributed by atoms with van der Waals surface area (Å²) in [7, 11) is 4.03. The van der Waals surface area contributed by atoms with Gasteiger partial charge in [0.05, 0.1) is 37.4 Å². The largest absolute Gasteiger partial charge is 0.378 e. The molecule has 1 amide bonds. The van der Waals surface area contributed by atoms with E-state index in [1.165, 1.54) is 0 Å². The van der Waals surface area contributed by atoms with Crippen molar-refractivity contribution < 1.29 is 14.3 Å². The van der Waals surface area contributed by atoms with E-state index in [0.717, 1.165) is 21.8 Å². The molecule has 2 N–H and O–H groups in total. The van der Waals surface area contributed by atoms with Gasteiger partial charge >= 0.3 is 0 Å². The molecule has 4 atom stereocenters. The number of fused-ring (bicyclic) bond motifs is 1. The number of aromatic nitrogens is 2. The van der Waals surface area contributed by atoms with E-state index in [1.54, 1.807) is 17.5 Å². The number of benzene rings is 1. The van der Waals surface area contributed by atoms with Crippen molar-refractivity contribution in [3.8, 4) is 11.3 Å². The number of rotatable bonds is 7. The molecule has 3 aromatic rings. The zero-order valence-electron chi connectivity index (χ0n) is 18.6. The van der Waals surface area contributed by atoms with Crippen LogP contribution < -0.4 is 15.5 Å². The van der Waals surface area contributed by atoms with Crippen molar-refractivity contribution >= 4 is 28.9 Å². The number of hydrogen-bond acceptors (Lipinski definition) is 8. The standard InChI is InChI=1S/C24H27N5O3S/c1-29(2)16-7-5-15(6-8-16)18-9-10-25-24(27-18)28-20-14-32-22-19(13-31-23(20)22)26-21(30)12-17-4-3-11-33-17/h3-11,19-20,22-23H,12-14H2,1-2H3,(H,26,30)(H,25,27,28)/t19-,20+,22-,23+/m0/s1. The molecule has 9 heteroatoms. The van der Waals surface area contributed by atoms with Crippen molar-refractivity contribution in [1.82, 2.24) is 15.3 Å². The molecule has 172 valence electrons. The Morgan fingerprint density at radius 3 is 2.58 bits per heavy atom. The van der Waals surface area contributed by atoms with Crippen LogP contribution in [0.15, 0.2) is 54.0 Å². The molecule has 0 radical (unpaired) electrons. The summed E-state index contributed by atoms with van der Waals surface area (Å²) < 4.78 is 12.0. The first-order valence-electron chi connectivity index (χ1n) is 11.0. The molecule has 0 aliphatic carbocycles. The van der Waals surface area contributed by atoms with E-state index in [4.69, 9.17) is 9.47 Å². The van der Waals surface area contributed by atoms with Crippen molar-refractivity contribution in [3.05, 3.63) is 58.9 Å². The van der Waals surface area contributed by atoms with Crippen LogP contribution in [-0.4, -0.2) is 67.5 Å². The van der Waals surface area contributed by atoms with Crippen LogP contribution in [-0.2, 0) is 20.7 Å². The van der Waals surface area contributed by atoms with Crippen LogP contribution in [0.3, 0.4) is 0 Å². The van der Waals surface area contributed by atoms with E-state index in [1.807, 2.05) is 37.7 Å². The van der Waals surface area contributed by atoms with Crippen molar-refractivity contribution in [2.24, 2.45) is 0 Å². The van der Waals surface area contributed by atoms with Crippen LogP contribution in [0, 0.1) is 0 Å². The third-order valence-corrected chi connectivity index (χ3v) is 6.84. The Labute approximate surface area is 197 Å². The van der Waals surface area contributed by atoms with Crippen LogP contribution >= 0.6 is 11.3 Å². The van der Waals surface area contributed by atoms with Crippen LogP contribution in [0.5, 0.6) is 0 Å². The van der Waals surface area contributed by atoms with Crippen LogP contribution in [0.4, 0.5) is 11.6 Å². The Hall–Kier alpha value is -3.01. The highest BCUT2D eigenvalue weighted by molar-refractivity contribution is 7.10. The minimum absolute atomic E-state index is 0.0111. The highest BCUT2D eigenvalue weighted by Gasteiger charge is 2.48. The quantitative estimate of drug-likeness (QED) is 0.554. The molecule has 2 aromatic heterocycles. The Bertz CT molecular complexity index is 1090. The lowest BCUT2D eigenvalue weighted by Gasteiger charge is -2.18. The van der Waals surface area contributed by atoms with Gasteiger partial charge in [-0.1, -0.05) is 18.2 Å². The Morgan fingerprint density at radius 1 is 1.09 bits per heavy atom. The summed E-state index contributed by atoms with van der Waals surface area (Å²) in [6, 6.07) is 13.8. The average molecular weight is 466 g/mol. The summed E-state index contributed by atoms with van der Waals surface area (Å²) >= 11 is 1.58. The third kappa shape index (κ3) is 4.85. The number of ether oxygens (including phenoxy) is 2. The number of nitrogens with zero attached hydrogens (tertiary/aromatic N) is 3. The minimum Gasteiger partial charge on any atom is -0.378 e. The monoisotopic (exact) mass is 465 g/mol. The summed E-state index contributed by atoms with van der Waals surface area (Å²) in [5.41, 5.74) is 3.01. The molecule has 0 saturated carbocycles. The summed E-state index contributed by atoms with van der Waals surface area (Å²) in [6.07, 6.45) is 1.78. The number of amides is 1. The number of nitrogens with one attached hydrogen (secondary N) is 2. The van der Waals surface area contributed by atoms with Gasteiger partial charge in [-0.2, -0.15) is 0 Å². The number of hydrogen-bond donors (Lipinski definition) is 2. The van der Waals surface area contributed by atoms with Gasteiger partial charge in [0.1, 0.15) is 12.2 Å². The van der Waals surface area contributed by atoms with E-state index < -0.39 is 0 Å². The van der Waals surface area contributed by atoms with Gasteiger partial charge < -0.3 is 25.0 Å². The van der Waals surface area contributed by atoms with E-state index in [-0.39, 0.29) is 30.2 Å².